The maximum atomic E-state index is 4.80. The molecule has 1 saturated carbocycles. The molecule has 28 heavy (non-hydrogen) atoms. The molecule has 0 aromatic carbocycles. The van der Waals surface area contributed by atoms with Crippen LogP contribution in [0.3, 0.4) is 0 Å². The topological polar surface area (TPSA) is 66.8 Å². The molecule has 2 fully saturated rings. The summed E-state index contributed by atoms with van der Waals surface area (Å²) in [6, 6.07) is 6.78. The van der Waals surface area contributed by atoms with Gasteiger partial charge in [-0.2, -0.15) is 0 Å². The zero-order valence-corrected chi connectivity index (χ0v) is 17.1. The van der Waals surface area contributed by atoms with Gasteiger partial charge in [-0.25, -0.2) is 4.98 Å². The molecule has 146 valence electrons. The van der Waals surface area contributed by atoms with Crippen molar-refractivity contribution in [2.45, 2.75) is 63.8 Å². The fourth-order valence-electron chi connectivity index (χ4n) is 4.56. The van der Waals surface area contributed by atoms with Crippen molar-refractivity contribution in [2.75, 3.05) is 16.8 Å². The molecular weight excluding hydrogens is 368 g/mol. The van der Waals surface area contributed by atoms with E-state index in [9.17, 15) is 0 Å². The summed E-state index contributed by atoms with van der Waals surface area (Å²) in [5, 5.41) is 14.1. The van der Waals surface area contributed by atoms with Crippen LogP contribution in [0, 0.1) is 0 Å². The number of fused-ring (bicyclic) bond motifs is 1. The van der Waals surface area contributed by atoms with Gasteiger partial charge >= 0.3 is 0 Å². The first-order valence-electron chi connectivity index (χ1n) is 10.4. The Hall–Kier alpha value is -2.28. The van der Waals surface area contributed by atoms with E-state index in [0.29, 0.717) is 12.0 Å². The third-order valence-corrected chi connectivity index (χ3v) is 7.08. The second-order valence-electron chi connectivity index (χ2n) is 7.88. The molecule has 7 heteroatoms. The Kier molecular flexibility index (Phi) is 4.84. The van der Waals surface area contributed by atoms with Crippen LogP contribution in [-0.4, -0.2) is 32.8 Å². The lowest BCUT2D eigenvalue weighted by Crippen LogP contribution is -2.28. The number of anilines is 3. The molecule has 1 saturated heterocycles. The molecule has 5 rings (SSSR count). The van der Waals surface area contributed by atoms with Gasteiger partial charge in [0.05, 0.1) is 22.9 Å². The van der Waals surface area contributed by atoms with Crippen molar-refractivity contribution >= 4 is 39.0 Å². The van der Waals surface area contributed by atoms with Crippen molar-refractivity contribution in [1.29, 1.82) is 0 Å². The van der Waals surface area contributed by atoms with Crippen LogP contribution in [0.5, 0.6) is 0 Å². The highest BCUT2D eigenvalue weighted by Gasteiger charge is 2.24. The van der Waals surface area contributed by atoms with Crippen LogP contribution in [0.25, 0.3) is 11.0 Å². The number of nitrogens with zero attached hydrogens (tertiary/aromatic N) is 5. The number of hydrogen-bond donors (Lipinski definition) is 1. The fraction of sp³-hybridized carbons (Fsp3) is 0.524. The van der Waals surface area contributed by atoms with Gasteiger partial charge in [0.1, 0.15) is 10.8 Å². The first-order chi connectivity index (χ1) is 13.8. The average molecular weight is 395 g/mol. The first-order valence-corrected chi connectivity index (χ1v) is 11.3. The van der Waals surface area contributed by atoms with E-state index in [-0.39, 0.29) is 0 Å². The lowest BCUT2D eigenvalue weighted by molar-refractivity contribution is 0.645. The highest BCUT2D eigenvalue weighted by Crippen LogP contribution is 2.37. The SMILES string of the molecule is CC[C@H]1CCCN1c1cnc2ccc(Nc3nnc(C4CCCC4)s3)nc2c1. The molecule has 1 aliphatic carbocycles. The monoisotopic (exact) mass is 394 g/mol. The maximum Gasteiger partial charge on any atom is 0.211 e. The molecular formula is C21H26N6S. The highest BCUT2D eigenvalue weighted by atomic mass is 32.1. The second-order valence-corrected chi connectivity index (χ2v) is 8.89. The number of nitrogens with one attached hydrogen (secondary N) is 1. The van der Waals surface area contributed by atoms with Gasteiger partial charge in [0.15, 0.2) is 0 Å². The third kappa shape index (κ3) is 3.43. The van der Waals surface area contributed by atoms with Crippen LogP contribution in [0.4, 0.5) is 16.6 Å². The van der Waals surface area contributed by atoms with E-state index < -0.39 is 0 Å². The van der Waals surface area contributed by atoms with Crippen LogP contribution in [0.2, 0.25) is 0 Å². The molecule has 0 radical (unpaired) electrons. The Morgan fingerprint density at radius 1 is 1.11 bits per heavy atom. The molecule has 3 aromatic heterocycles. The van der Waals surface area contributed by atoms with Gasteiger partial charge < -0.3 is 10.2 Å². The van der Waals surface area contributed by atoms with Crippen LogP contribution in [0.1, 0.15) is 62.8 Å². The molecule has 0 amide bonds. The predicted molar refractivity (Wildman–Crippen MR) is 115 cm³/mol. The van der Waals surface area contributed by atoms with Crippen molar-refractivity contribution in [1.82, 2.24) is 20.2 Å². The van der Waals surface area contributed by atoms with Crippen LogP contribution in [-0.2, 0) is 0 Å². The van der Waals surface area contributed by atoms with Gasteiger partial charge in [0, 0.05) is 18.5 Å². The van der Waals surface area contributed by atoms with Gasteiger partial charge in [-0.1, -0.05) is 31.1 Å². The predicted octanol–water partition coefficient (Wildman–Crippen LogP) is 5.26. The normalized spacial score (nSPS) is 20.3. The fourth-order valence-corrected chi connectivity index (χ4v) is 5.47. The number of rotatable bonds is 5. The van der Waals surface area contributed by atoms with E-state index in [1.807, 2.05) is 18.3 Å². The van der Waals surface area contributed by atoms with E-state index in [0.717, 1.165) is 33.5 Å². The van der Waals surface area contributed by atoms with E-state index in [1.165, 1.54) is 50.6 Å². The van der Waals surface area contributed by atoms with E-state index in [4.69, 9.17) is 4.98 Å². The lowest BCUT2D eigenvalue weighted by atomic mass is 10.1. The highest BCUT2D eigenvalue weighted by molar-refractivity contribution is 7.15. The standard InChI is InChI=1S/C21H26N6S/c1-2-15-8-5-11-27(15)16-12-18-17(22-13-16)9-10-19(23-18)24-21-26-25-20(28-21)14-6-3-4-7-14/h9-10,12-15H,2-8,11H2,1H3,(H,23,24,26)/t15-/m0/s1. The summed E-state index contributed by atoms with van der Waals surface area (Å²) in [6.45, 7) is 3.37. The first kappa shape index (κ1) is 17.8. The van der Waals surface area contributed by atoms with Gasteiger partial charge in [-0.15, -0.1) is 10.2 Å². The summed E-state index contributed by atoms with van der Waals surface area (Å²) in [5.41, 5.74) is 3.02. The number of aromatic nitrogens is 4. The van der Waals surface area contributed by atoms with Crippen molar-refractivity contribution in [2.24, 2.45) is 0 Å². The second kappa shape index (κ2) is 7.62. The summed E-state index contributed by atoms with van der Waals surface area (Å²) in [6.07, 6.45) is 10.8. The van der Waals surface area contributed by atoms with Gasteiger partial charge in [-0.05, 0) is 50.3 Å². The maximum absolute atomic E-state index is 4.80. The summed E-state index contributed by atoms with van der Waals surface area (Å²) in [7, 11) is 0. The molecule has 6 nitrogen and oxygen atoms in total. The summed E-state index contributed by atoms with van der Waals surface area (Å²) in [5.74, 6) is 1.39. The Balaban J connectivity index is 1.38. The Labute approximate surface area is 169 Å². The lowest BCUT2D eigenvalue weighted by Gasteiger charge is -2.25. The molecule has 1 aliphatic heterocycles. The minimum absolute atomic E-state index is 0.594. The zero-order chi connectivity index (χ0) is 18.9. The summed E-state index contributed by atoms with van der Waals surface area (Å²) >= 11 is 1.66. The third-order valence-electron chi connectivity index (χ3n) is 6.08. The largest absolute Gasteiger partial charge is 0.367 e. The molecule has 1 N–H and O–H groups in total. The summed E-state index contributed by atoms with van der Waals surface area (Å²) < 4.78 is 0. The summed E-state index contributed by atoms with van der Waals surface area (Å²) in [4.78, 5) is 11.9. The van der Waals surface area contributed by atoms with Crippen molar-refractivity contribution in [3.63, 3.8) is 0 Å². The molecule has 1 atom stereocenters. The molecule has 0 unspecified atom stereocenters. The van der Waals surface area contributed by atoms with Crippen LogP contribution < -0.4 is 10.2 Å². The molecule has 0 spiro atoms. The Morgan fingerprint density at radius 2 is 2.00 bits per heavy atom. The van der Waals surface area contributed by atoms with E-state index in [2.05, 4.69) is 38.4 Å². The minimum atomic E-state index is 0.594. The molecule has 4 heterocycles. The van der Waals surface area contributed by atoms with Crippen molar-refractivity contribution < 1.29 is 0 Å². The average Bonchev–Trinajstić information content (AvgIpc) is 3.47. The van der Waals surface area contributed by atoms with Gasteiger partial charge in [0.25, 0.3) is 0 Å². The molecule has 2 aliphatic rings. The van der Waals surface area contributed by atoms with E-state index >= 15 is 0 Å². The molecule has 3 aromatic rings. The smallest absolute Gasteiger partial charge is 0.211 e. The quantitative estimate of drug-likeness (QED) is 0.636. The van der Waals surface area contributed by atoms with Crippen molar-refractivity contribution in [3.05, 3.63) is 29.4 Å². The molecule has 0 bridgehead atoms. The number of hydrogen-bond acceptors (Lipinski definition) is 7. The van der Waals surface area contributed by atoms with Crippen LogP contribution in [0.15, 0.2) is 24.4 Å². The van der Waals surface area contributed by atoms with Crippen molar-refractivity contribution in [3.8, 4) is 0 Å². The zero-order valence-electron chi connectivity index (χ0n) is 16.3. The Bertz CT molecular complexity index is 964. The van der Waals surface area contributed by atoms with Crippen LogP contribution >= 0.6 is 11.3 Å². The minimum Gasteiger partial charge on any atom is -0.367 e. The number of pyridine rings is 2. The van der Waals surface area contributed by atoms with Gasteiger partial charge in [-0.3, -0.25) is 4.98 Å². The van der Waals surface area contributed by atoms with Gasteiger partial charge in [0.2, 0.25) is 5.13 Å². The Morgan fingerprint density at radius 3 is 2.86 bits per heavy atom. The van der Waals surface area contributed by atoms with E-state index in [1.54, 1.807) is 11.3 Å².